The van der Waals surface area contributed by atoms with Gasteiger partial charge in [0.05, 0.1) is 12.6 Å². The highest BCUT2D eigenvalue weighted by atomic mass is 15.2. The molecule has 2 aliphatic rings. The first-order valence-corrected chi connectivity index (χ1v) is 6.58. The van der Waals surface area contributed by atoms with E-state index in [1.54, 1.807) is 0 Å². The molecule has 2 nitrogen and oxygen atoms in total. The molecule has 19 heavy (non-hydrogen) atoms. The van der Waals surface area contributed by atoms with E-state index in [1.807, 2.05) is 6.08 Å². The van der Waals surface area contributed by atoms with E-state index in [9.17, 15) is 0 Å². The molecule has 0 fully saturated rings. The Labute approximate surface area is 112 Å². The molecule has 92 valence electrons. The van der Waals surface area contributed by atoms with E-state index in [2.05, 4.69) is 65.7 Å². The quantitative estimate of drug-likeness (QED) is 0.749. The third-order valence-electron chi connectivity index (χ3n) is 3.73. The fraction of sp³-hybridized carbons (Fsp3) is 0.118. The van der Waals surface area contributed by atoms with Crippen molar-refractivity contribution in [2.45, 2.75) is 6.04 Å². The van der Waals surface area contributed by atoms with Gasteiger partial charge in [-0.1, -0.05) is 42.5 Å². The summed E-state index contributed by atoms with van der Waals surface area (Å²) in [6.07, 6.45) is 8.26. The van der Waals surface area contributed by atoms with Crippen LogP contribution in [-0.2, 0) is 0 Å². The number of amidine groups is 1. The van der Waals surface area contributed by atoms with Crippen LogP contribution in [0.2, 0.25) is 0 Å². The van der Waals surface area contributed by atoms with Crippen molar-refractivity contribution in [3.05, 3.63) is 72.5 Å². The largest absolute Gasteiger partial charge is 0.331 e. The number of benzene rings is 2. The first-order chi connectivity index (χ1) is 9.40. The summed E-state index contributed by atoms with van der Waals surface area (Å²) in [6, 6.07) is 15.4. The van der Waals surface area contributed by atoms with E-state index < -0.39 is 0 Å². The smallest absolute Gasteiger partial charge is 0.128 e. The Balaban J connectivity index is 1.74. The van der Waals surface area contributed by atoms with Crippen molar-refractivity contribution in [1.29, 1.82) is 0 Å². The number of nitrogens with zero attached hydrogens (tertiary/aromatic N) is 2. The van der Waals surface area contributed by atoms with E-state index in [-0.39, 0.29) is 6.04 Å². The zero-order chi connectivity index (χ0) is 12.7. The Morgan fingerprint density at radius 1 is 1.00 bits per heavy atom. The van der Waals surface area contributed by atoms with Crippen LogP contribution in [0.1, 0.15) is 11.6 Å². The van der Waals surface area contributed by atoms with Crippen molar-refractivity contribution >= 4 is 16.6 Å². The van der Waals surface area contributed by atoms with E-state index in [1.165, 1.54) is 16.3 Å². The van der Waals surface area contributed by atoms with Crippen LogP contribution in [0.25, 0.3) is 10.8 Å². The molecule has 1 atom stereocenters. The van der Waals surface area contributed by atoms with Gasteiger partial charge >= 0.3 is 0 Å². The van der Waals surface area contributed by atoms with Crippen LogP contribution >= 0.6 is 0 Å². The molecule has 2 aromatic carbocycles. The molecule has 0 bridgehead atoms. The molecule has 2 aromatic rings. The number of hydrogen-bond donors (Lipinski definition) is 0. The van der Waals surface area contributed by atoms with Crippen molar-refractivity contribution in [3.63, 3.8) is 0 Å². The standard InChI is InChI=1S/C17H14N2/c1-2-6-14-11-15(9-8-13(14)5-1)16-12-19-10-4-3-7-17(19)18-16/h1-11,16H,12H2/t16-/m0/s1. The van der Waals surface area contributed by atoms with Crippen molar-refractivity contribution in [2.24, 2.45) is 4.99 Å². The Kier molecular flexibility index (Phi) is 2.27. The van der Waals surface area contributed by atoms with Crippen molar-refractivity contribution in [2.75, 3.05) is 6.54 Å². The average molecular weight is 246 g/mol. The Morgan fingerprint density at radius 3 is 2.79 bits per heavy atom. The molecule has 2 heteroatoms. The summed E-state index contributed by atoms with van der Waals surface area (Å²) in [5, 5.41) is 2.57. The molecule has 2 heterocycles. The van der Waals surface area contributed by atoms with E-state index >= 15 is 0 Å². The second kappa shape index (κ2) is 4.09. The fourth-order valence-electron chi connectivity index (χ4n) is 2.72. The molecule has 2 aliphatic heterocycles. The van der Waals surface area contributed by atoms with Gasteiger partial charge in [0, 0.05) is 6.20 Å². The predicted octanol–water partition coefficient (Wildman–Crippen LogP) is 3.68. The summed E-state index contributed by atoms with van der Waals surface area (Å²) >= 11 is 0. The zero-order valence-corrected chi connectivity index (χ0v) is 10.5. The maximum absolute atomic E-state index is 4.79. The van der Waals surface area contributed by atoms with Gasteiger partial charge in [-0.2, -0.15) is 0 Å². The first-order valence-electron chi connectivity index (χ1n) is 6.58. The summed E-state index contributed by atoms with van der Waals surface area (Å²) in [4.78, 5) is 7.00. The van der Waals surface area contributed by atoms with Crippen LogP contribution in [0, 0.1) is 0 Å². The highest BCUT2D eigenvalue weighted by Crippen LogP contribution is 2.28. The van der Waals surface area contributed by atoms with Crippen LogP contribution < -0.4 is 0 Å². The Bertz CT molecular complexity index is 725. The van der Waals surface area contributed by atoms with Crippen LogP contribution in [0.3, 0.4) is 0 Å². The molecule has 0 radical (unpaired) electrons. The maximum atomic E-state index is 4.79. The SMILES string of the molecule is C1=CC2=N[C@H](c3ccc4ccccc4c3)CN2C=C1. The number of hydrogen-bond acceptors (Lipinski definition) is 2. The number of allylic oxidation sites excluding steroid dienone is 2. The molecule has 4 rings (SSSR count). The summed E-state index contributed by atoms with van der Waals surface area (Å²) < 4.78 is 0. The normalized spacial score (nSPS) is 20.7. The minimum Gasteiger partial charge on any atom is -0.331 e. The van der Waals surface area contributed by atoms with Crippen molar-refractivity contribution in [3.8, 4) is 0 Å². The lowest BCUT2D eigenvalue weighted by molar-refractivity contribution is 0.550. The van der Waals surface area contributed by atoms with Gasteiger partial charge in [0.2, 0.25) is 0 Å². The average Bonchev–Trinajstić information content (AvgIpc) is 2.90. The minimum atomic E-state index is 0.243. The highest BCUT2D eigenvalue weighted by Gasteiger charge is 2.24. The molecule has 0 aliphatic carbocycles. The lowest BCUT2D eigenvalue weighted by atomic mass is 10.0. The Hall–Kier alpha value is -2.35. The van der Waals surface area contributed by atoms with Gasteiger partial charge in [-0.3, -0.25) is 4.99 Å². The Morgan fingerprint density at radius 2 is 1.89 bits per heavy atom. The van der Waals surface area contributed by atoms with E-state index in [0.29, 0.717) is 0 Å². The van der Waals surface area contributed by atoms with Gasteiger partial charge in [-0.15, -0.1) is 0 Å². The summed E-state index contributed by atoms with van der Waals surface area (Å²) in [5.74, 6) is 1.07. The fourth-order valence-corrected chi connectivity index (χ4v) is 2.72. The van der Waals surface area contributed by atoms with Gasteiger partial charge < -0.3 is 4.90 Å². The topological polar surface area (TPSA) is 15.6 Å². The minimum absolute atomic E-state index is 0.243. The van der Waals surface area contributed by atoms with Gasteiger partial charge in [-0.05, 0) is 34.6 Å². The molecule has 0 spiro atoms. The maximum Gasteiger partial charge on any atom is 0.128 e. The predicted molar refractivity (Wildman–Crippen MR) is 79.1 cm³/mol. The molecule has 0 amide bonds. The highest BCUT2D eigenvalue weighted by molar-refractivity contribution is 5.96. The summed E-state index contributed by atoms with van der Waals surface area (Å²) in [6.45, 7) is 0.939. The van der Waals surface area contributed by atoms with Crippen LogP contribution in [0.4, 0.5) is 0 Å². The third-order valence-corrected chi connectivity index (χ3v) is 3.73. The van der Waals surface area contributed by atoms with Gasteiger partial charge in [0.15, 0.2) is 0 Å². The number of rotatable bonds is 1. The molecule has 0 unspecified atom stereocenters. The molecular weight excluding hydrogens is 232 g/mol. The van der Waals surface area contributed by atoms with Crippen LogP contribution in [0.15, 0.2) is 71.9 Å². The first kappa shape index (κ1) is 10.6. The second-order valence-electron chi connectivity index (χ2n) is 4.96. The van der Waals surface area contributed by atoms with Crippen molar-refractivity contribution < 1.29 is 0 Å². The number of aliphatic imine (C=N–C) groups is 1. The van der Waals surface area contributed by atoms with Crippen LogP contribution in [0.5, 0.6) is 0 Å². The monoisotopic (exact) mass is 246 g/mol. The molecule has 0 saturated carbocycles. The third kappa shape index (κ3) is 1.76. The molecule has 0 saturated heterocycles. The summed E-state index contributed by atoms with van der Waals surface area (Å²) in [7, 11) is 0. The molecular formula is C17H14N2. The van der Waals surface area contributed by atoms with Gasteiger partial charge in [0.1, 0.15) is 5.84 Å². The second-order valence-corrected chi connectivity index (χ2v) is 4.96. The van der Waals surface area contributed by atoms with Gasteiger partial charge in [0.25, 0.3) is 0 Å². The lowest BCUT2D eigenvalue weighted by Crippen LogP contribution is -2.21. The van der Waals surface area contributed by atoms with Crippen molar-refractivity contribution in [1.82, 2.24) is 4.90 Å². The van der Waals surface area contributed by atoms with Gasteiger partial charge in [-0.25, -0.2) is 0 Å². The van der Waals surface area contributed by atoms with E-state index in [0.717, 1.165) is 12.4 Å². The zero-order valence-electron chi connectivity index (χ0n) is 10.5. The number of fused-ring (bicyclic) bond motifs is 2. The van der Waals surface area contributed by atoms with Crippen LogP contribution in [-0.4, -0.2) is 17.3 Å². The molecule has 0 N–H and O–H groups in total. The lowest BCUT2D eigenvalue weighted by Gasteiger charge is -2.16. The molecule has 0 aromatic heterocycles. The van der Waals surface area contributed by atoms with E-state index in [4.69, 9.17) is 4.99 Å². The summed E-state index contributed by atoms with van der Waals surface area (Å²) in [5.41, 5.74) is 1.29.